The molecule has 0 spiro atoms. The Labute approximate surface area is 164 Å². The highest BCUT2D eigenvalue weighted by Gasteiger charge is 2.25. The minimum absolute atomic E-state index is 0.155. The van der Waals surface area contributed by atoms with E-state index < -0.39 is 11.9 Å². The van der Waals surface area contributed by atoms with E-state index >= 15 is 0 Å². The molecular weight excluding hydrogens is 360 g/mol. The number of ketones is 1. The zero-order valence-electron chi connectivity index (χ0n) is 17.0. The average molecular weight is 386 g/mol. The van der Waals surface area contributed by atoms with Gasteiger partial charge in [0.15, 0.2) is 6.61 Å². The van der Waals surface area contributed by atoms with Gasteiger partial charge in [0.1, 0.15) is 5.69 Å². The van der Waals surface area contributed by atoms with Crippen LogP contribution in [0.3, 0.4) is 0 Å². The third-order valence-electron chi connectivity index (χ3n) is 4.79. The molecule has 0 saturated carbocycles. The Morgan fingerprint density at radius 1 is 1.21 bits per heavy atom. The van der Waals surface area contributed by atoms with Crippen LogP contribution in [0.2, 0.25) is 0 Å². The third kappa shape index (κ3) is 3.93. The van der Waals surface area contributed by atoms with Crippen molar-refractivity contribution in [3.63, 3.8) is 0 Å². The van der Waals surface area contributed by atoms with Gasteiger partial charge >= 0.3 is 11.9 Å². The van der Waals surface area contributed by atoms with Gasteiger partial charge in [-0.15, -0.1) is 6.58 Å². The summed E-state index contributed by atoms with van der Waals surface area (Å²) < 4.78 is 12.0. The standard InChI is InChI=1S/C21H26N2O5/c1-7-9-23-12(3)10-15(14(23)5)17(24)11-28-21(26)19-13(4)18(20(25)27-6)16(8-2)22-19/h7,10,22H,1,8-9,11H2,2-6H3. The molecule has 0 amide bonds. The predicted molar refractivity (Wildman–Crippen MR) is 105 cm³/mol. The van der Waals surface area contributed by atoms with Crippen molar-refractivity contribution >= 4 is 17.7 Å². The van der Waals surface area contributed by atoms with Crippen molar-refractivity contribution in [2.24, 2.45) is 0 Å². The smallest absolute Gasteiger partial charge is 0.355 e. The molecule has 0 atom stereocenters. The van der Waals surface area contributed by atoms with Gasteiger partial charge in [0.25, 0.3) is 0 Å². The number of aryl methyl sites for hydroxylation is 2. The van der Waals surface area contributed by atoms with Crippen molar-refractivity contribution in [3.8, 4) is 0 Å². The van der Waals surface area contributed by atoms with E-state index in [0.29, 0.717) is 35.3 Å². The SMILES string of the molecule is C=CCn1c(C)cc(C(=O)COC(=O)c2[nH]c(CC)c(C(=O)OC)c2C)c1C. The van der Waals surface area contributed by atoms with Gasteiger partial charge in [0, 0.05) is 29.2 Å². The highest BCUT2D eigenvalue weighted by molar-refractivity contribution is 6.02. The lowest BCUT2D eigenvalue weighted by Gasteiger charge is -2.07. The number of aromatic amines is 1. The number of hydrogen-bond donors (Lipinski definition) is 1. The molecule has 0 aromatic carbocycles. The molecule has 0 radical (unpaired) electrons. The largest absolute Gasteiger partial charge is 0.465 e. The van der Waals surface area contributed by atoms with Gasteiger partial charge in [-0.05, 0) is 38.8 Å². The van der Waals surface area contributed by atoms with Crippen molar-refractivity contribution in [1.29, 1.82) is 0 Å². The third-order valence-corrected chi connectivity index (χ3v) is 4.79. The van der Waals surface area contributed by atoms with E-state index in [2.05, 4.69) is 11.6 Å². The van der Waals surface area contributed by atoms with Gasteiger partial charge in [-0.25, -0.2) is 9.59 Å². The summed E-state index contributed by atoms with van der Waals surface area (Å²) >= 11 is 0. The number of carbonyl (C=O) groups excluding carboxylic acids is 3. The molecule has 0 unspecified atom stereocenters. The second kappa shape index (κ2) is 8.73. The predicted octanol–water partition coefficient (Wildman–Crippen LogP) is 3.32. The van der Waals surface area contributed by atoms with Gasteiger partial charge in [-0.2, -0.15) is 0 Å². The van der Waals surface area contributed by atoms with E-state index in [0.717, 1.165) is 11.4 Å². The van der Waals surface area contributed by atoms with Crippen LogP contribution in [0.4, 0.5) is 0 Å². The molecule has 28 heavy (non-hydrogen) atoms. The lowest BCUT2D eigenvalue weighted by Crippen LogP contribution is -2.16. The number of esters is 2. The van der Waals surface area contributed by atoms with Gasteiger partial charge in [-0.1, -0.05) is 13.0 Å². The topological polar surface area (TPSA) is 90.4 Å². The Morgan fingerprint density at radius 2 is 1.89 bits per heavy atom. The number of H-pyrrole nitrogens is 1. The minimum Gasteiger partial charge on any atom is -0.465 e. The first kappa shape index (κ1) is 21.2. The minimum atomic E-state index is -0.685. The van der Waals surface area contributed by atoms with Crippen LogP contribution in [0.25, 0.3) is 0 Å². The molecule has 2 aromatic heterocycles. The van der Waals surface area contributed by atoms with Crippen LogP contribution in [0.1, 0.15) is 60.8 Å². The number of ether oxygens (including phenoxy) is 2. The molecule has 0 saturated heterocycles. The van der Waals surface area contributed by atoms with E-state index in [1.807, 2.05) is 25.3 Å². The monoisotopic (exact) mass is 386 g/mol. The van der Waals surface area contributed by atoms with Crippen LogP contribution in [0.5, 0.6) is 0 Å². The Hall–Kier alpha value is -3.09. The molecule has 0 fully saturated rings. The molecule has 0 aliphatic rings. The first-order valence-electron chi connectivity index (χ1n) is 9.04. The van der Waals surface area contributed by atoms with Gasteiger partial charge in [0.2, 0.25) is 5.78 Å². The second-order valence-electron chi connectivity index (χ2n) is 6.51. The zero-order chi connectivity index (χ0) is 21.0. The van der Waals surface area contributed by atoms with Crippen molar-refractivity contribution in [3.05, 3.63) is 58.2 Å². The molecule has 7 nitrogen and oxygen atoms in total. The van der Waals surface area contributed by atoms with Crippen LogP contribution in [0, 0.1) is 20.8 Å². The number of Topliss-reactive ketones (excluding diaryl/α,β-unsaturated/α-hetero) is 1. The van der Waals surface area contributed by atoms with Crippen molar-refractivity contribution < 1.29 is 23.9 Å². The highest BCUT2D eigenvalue weighted by Crippen LogP contribution is 2.21. The van der Waals surface area contributed by atoms with Crippen LogP contribution >= 0.6 is 0 Å². The first-order chi connectivity index (χ1) is 13.3. The number of nitrogens with one attached hydrogen (secondary N) is 1. The molecule has 2 aromatic rings. The van der Waals surface area contributed by atoms with Crippen LogP contribution in [-0.4, -0.2) is 41.0 Å². The van der Waals surface area contributed by atoms with E-state index in [4.69, 9.17) is 9.47 Å². The van der Waals surface area contributed by atoms with Crippen LogP contribution < -0.4 is 0 Å². The summed E-state index contributed by atoms with van der Waals surface area (Å²) in [7, 11) is 1.29. The summed E-state index contributed by atoms with van der Waals surface area (Å²) in [5.74, 6) is -1.49. The summed E-state index contributed by atoms with van der Waals surface area (Å²) in [6.07, 6.45) is 2.28. The Balaban J connectivity index is 2.18. The fraction of sp³-hybridized carbons (Fsp3) is 0.381. The first-order valence-corrected chi connectivity index (χ1v) is 9.04. The van der Waals surface area contributed by atoms with E-state index in [-0.39, 0.29) is 18.1 Å². The average Bonchev–Trinajstić information content (AvgIpc) is 3.16. The normalized spacial score (nSPS) is 10.6. The maximum Gasteiger partial charge on any atom is 0.355 e. The maximum atomic E-state index is 12.5. The van der Waals surface area contributed by atoms with Crippen LogP contribution in [0.15, 0.2) is 18.7 Å². The molecule has 0 aliphatic carbocycles. The zero-order valence-corrected chi connectivity index (χ0v) is 17.0. The van der Waals surface area contributed by atoms with E-state index in [1.165, 1.54) is 7.11 Å². The lowest BCUT2D eigenvalue weighted by molar-refractivity contribution is 0.0468. The summed E-state index contributed by atoms with van der Waals surface area (Å²) in [6.45, 7) is 11.2. The number of allylic oxidation sites excluding steroid dienone is 1. The van der Waals surface area contributed by atoms with Gasteiger partial charge in [0.05, 0.1) is 12.7 Å². The van der Waals surface area contributed by atoms with Crippen LogP contribution in [-0.2, 0) is 22.4 Å². The molecule has 0 bridgehead atoms. The summed E-state index contributed by atoms with van der Waals surface area (Å²) in [5.41, 5.74) is 3.78. The Bertz CT molecular complexity index is 933. The number of methoxy groups -OCH3 is 1. The number of hydrogen-bond acceptors (Lipinski definition) is 5. The molecule has 2 rings (SSSR count). The Kier molecular flexibility index (Phi) is 6.62. The lowest BCUT2D eigenvalue weighted by atomic mass is 10.1. The highest BCUT2D eigenvalue weighted by atomic mass is 16.5. The summed E-state index contributed by atoms with van der Waals surface area (Å²) in [6, 6.07) is 1.78. The quantitative estimate of drug-likeness (QED) is 0.427. The fourth-order valence-corrected chi connectivity index (χ4v) is 3.28. The number of rotatable bonds is 8. The van der Waals surface area contributed by atoms with Gasteiger partial charge in [-0.3, -0.25) is 4.79 Å². The number of aromatic nitrogens is 2. The van der Waals surface area contributed by atoms with Crippen molar-refractivity contribution in [2.45, 2.75) is 40.7 Å². The number of nitrogens with zero attached hydrogens (tertiary/aromatic N) is 1. The molecule has 150 valence electrons. The maximum absolute atomic E-state index is 12.5. The van der Waals surface area contributed by atoms with E-state index in [9.17, 15) is 14.4 Å². The van der Waals surface area contributed by atoms with Crippen molar-refractivity contribution in [2.75, 3.05) is 13.7 Å². The second-order valence-corrected chi connectivity index (χ2v) is 6.51. The molecule has 7 heteroatoms. The molecule has 0 aliphatic heterocycles. The fourth-order valence-electron chi connectivity index (χ4n) is 3.28. The number of carbonyl (C=O) groups is 3. The molecule has 1 N–H and O–H groups in total. The van der Waals surface area contributed by atoms with Crippen molar-refractivity contribution in [1.82, 2.24) is 9.55 Å². The molecular formula is C21H26N2O5. The van der Waals surface area contributed by atoms with Gasteiger partial charge < -0.3 is 19.0 Å². The summed E-state index contributed by atoms with van der Waals surface area (Å²) in [4.78, 5) is 39.9. The molecule has 2 heterocycles. The van der Waals surface area contributed by atoms with E-state index in [1.54, 1.807) is 19.1 Å². The summed E-state index contributed by atoms with van der Waals surface area (Å²) in [5, 5.41) is 0. The Morgan fingerprint density at radius 3 is 2.46 bits per heavy atom.